The first-order chi connectivity index (χ1) is 24.6. The molecule has 1 amide bonds. The Labute approximate surface area is 310 Å². The number of amides is 1. The normalized spacial score (nSPS) is 11.9. The summed E-state index contributed by atoms with van der Waals surface area (Å²) in [5.74, 6) is -0.0239. The second-order valence-electron chi connectivity index (χ2n) is 14.8. The van der Waals surface area contributed by atoms with Crippen LogP contribution < -0.4 is 5.32 Å². The monoisotopic (exact) mass is 709 g/mol. The van der Waals surface area contributed by atoms with Gasteiger partial charge in [-0.1, -0.05) is 143 Å². The summed E-state index contributed by atoms with van der Waals surface area (Å²) < 4.78 is 11.4. The molecule has 0 spiro atoms. The molecule has 0 aliphatic carbocycles. The Morgan fingerprint density at radius 3 is 1.48 bits per heavy atom. The van der Waals surface area contributed by atoms with Gasteiger partial charge in [0.05, 0.1) is 6.61 Å². The third kappa shape index (κ3) is 36.2. The number of nitrogens with one attached hydrogen (secondary N) is 1. The summed E-state index contributed by atoms with van der Waals surface area (Å²) in [6.45, 7) is 11.2. The van der Waals surface area contributed by atoms with E-state index in [-0.39, 0.29) is 18.0 Å². The van der Waals surface area contributed by atoms with E-state index in [2.05, 4.69) is 31.0 Å². The van der Waals surface area contributed by atoms with E-state index in [1.807, 2.05) is 0 Å². The van der Waals surface area contributed by atoms with E-state index in [1.165, 1.54) is 122 Å². The smallest absolute Gasteiger partial charge is 0.306 e. The lowest BCUT2D eigenvalue weighted by Gasteiger charge is -2.22. The Morgan fingerprint density at radius 1 is 0.520 bits per heavy atom. The molecule has 0 aromatic carbocycles. The van der Waals surface area contributed by atoms with Crippen molar-refractivity contribution in [1.82, 2.24) is 10.2 Å². The van der Waals surface area contributed by atoms with Gasteiger partial charge in [0.1, 0.15) is 6.10 Å². The van der Waals surface area contributed by atoms with Gasteiger partial charge in [-0.15, -0.1) is 0 Å². The van der Waals surface area contributed by atoms with E-state index in [9.17, 15) is 14.4 Å². The van der Waals surface area contributed by atoms with Gasteiger partial charge in [-0.05, 0) is 83.8 Å². The summed E-state index contributed by atoms with van der Waals surface area (Å²) >= 11 is 0. The van der Waals surface area contributed by atoms with Gasteiger partial charge >= 0.3 is 11.9 Å². The molecule has 0 fully saturated rings. The highest BCUT2D eigenvalue weighted by atomic mass is 16.5. The van der Waals surface area contributed by atoms with Crippen LogP contribution in [0.25, 0.3) is 0 Å². The van der Waals surface area contributed by atoms with E-state index in [0.717, 1.165) is 96.8 Å². The van der Waals surface area contributed by atoms with Crippen LogP contribution in [0.2, 0.25) is 0 Å². The molecular weight excluding hydrogens is 624 g/mol. The van der Waals surface area contributed by atoms with E-state index in [0.29, 0.717) is 19.4 Å². The maximum absolute atomic E-state index is 12.6. The minimum Gasteiger partial charge on any atom is -0.466 e. The number of carbonyl (C=O) groups is 3. The Bertz CT molecular complexity index is 734. The van der Waals surface area contributed by atoms with E-state index < -0.39 is 0 Å². The van der Waals surface area contributed by atoms with Gasteiger partial charge in [0.2, 0.25) is 6.41 Å². The zero-order valence-electron chi connectivity index (χ0n) is 33.6. The quantitative estimate of drug-likeness (QED) is 0.0387. The molecule has 0 heterocycles. The number of unbranched alkanes of at least 4 members (excludes halogenated alkanes) is 21. The largest absolute Gasteiger partial charge is 0.466 e. The number of rotatable bonds is 41. The average molecular weight is 709 g/mol. The van der Waals surface area contributed by atoms with Gasteiger partial charge in [-0.25, -0.2) is 0 Å². The molecule has 1 N–H and O–H groups in total. The van der Waals surface area contributed by atoms with Crippen molar-refractivity contribution in [1.29, 1.82) is 0 Å². The number of ether oxygens (including phenoxy) is 2. The molecule has 1 unspecified atom stereocenters. The van der Waals surface area contributed by atoms with Crippen molar-refractivity contribution in [3.05, 3.63) is 0 Å². The van der Waals surface area contributed by atoms with E-state index in [1.54, 1.807) is 0 Å². The van der Waals surface area contributed by atoms with Crippen LogP contribution in [0, 0.1) is 0 Å². The van der Waals surface area contributed by atoms with Crippen LogP contribution in [0.5, 0.6) is 0 Å². The molecule has 0 aliphatic heterocycles. The summed E-state index contributed by atoms with van der Waals surface area (Å²) in [4.78, 5) is 37.9. The highest BCUT2D eigenvalue weighted by Gasteiger charge is 2.14. The lowest BCUT2D eigenvalue weighted by molar-refractivity contribution is -0.150. The molecule has 50 heavy (non-hydrogen) atoms. The molecule has 0 saturated heterocycles. The van der Waals surface area contributed by atoms with E-state index >= 15 is 0 Å². The molecule has 7 nitrogen and oxygen atoms in total. The maximum Gasteiger partial charge on any atom is 0.306 e. The van der Waals surface area contributed by atoms with Crippen LogP contribution in [0.15, 0.2) is 0 Å². The van der Waals surface area contributed by atoms with Crippen LogP contribution in [0.3, 0.4) is 0 Å². The predicted molar refractivity (Wildman–Crippen MR) is 211 cm³/mol. The standard InChI is InChI=1S/C43H84N2O5/c1-4-7-10-13-14-22-29-39-49-42(47)33-25-18-15-20-27-36-45(38-30-35-44-40-46)37-28-21-16-19-26-34-43(48)50-41(31-23-12-9-6-3)32-24-17-11-8-5-2/h40-41H,4-39H2,1-3H3,(H,44,46). The Kier molecular flexibility index (Phi) is 38.8. The Hall–Kier alpha value is -1.63. The predicted octanol–water partition coefficient (Wildman–Crippen LogP) is 11.6. The van der Waals surface area contributed by atoms with Crippen LogP contribution in [-0.4, -0.2) is 62.1 Å². The number of esters is 2. The number of nitrogens with zero attached hydrogens (tertiary/aromatic N) is 1. The fourth-order valence-electron chi connectivity index (χ4n) is 6.67. The molecule has 0 radical (unpaired) electrons. The van der Waals surface area contributed by atoms with Crippen molar-refractivity contribution in [2.75, 3.05) is 32.8 Å². The third-order valence-corrected chi connectivity index (χ3v) is 9.91. The van der Waals surface area contributed by atoms with Gasteiger partial charge in [0, 0.05) is 19.4 Å². The summed E-state index contributed by atoms with van der Waals surface area (Å²) in [6.07, 6.45) is 35.9. The lowest BCUT2D eigenvalue weighted by Crippen LogP contribution is -2.29. The van der Waals surface area contributed by atoms with Gasteiger partial charge < -0.3 is 19.7 Å². The SMILES string of the molecule is CCCCCCCCCOC(=O)CCCCCCCN(CCCCCCCC(=O)OC(CCCCCC)CCCCCCC)CCCNC=O. The highest BCUT2D eigenvalue weighted by molar-refractivity contribution is 5.69. The van der Waals surface area contributed by atoms with E-state index in [4.69, 9.17) is 9.47 Å². The van der Waals surface area contributed by atoms with Crippen molar-refractivity contribution in [2.24, 2.45) is 0 Å². The zero-order valence-corrected chi connectivity index (χ0v) is 33.6. The first kappa shape index (κ1) is 48.4. The molecular formula is C43H84N2O5. The van der Waals surface area contributed by atoms with Gasteiger partial charge in [-0.2, -0.15) is 0 Å². The fourth-order valence-corrected chi connectivity index (χ4v) is 6.67. The molecule has 296 valence electrons. The molecule has 7 heteroatoms. The van der Waals surface area contributed by atoms with Crippen molar-refractivity contribution in [3.8, 4) is 0 Å². The summed E-state index contributed by atoms with van der Waals surface area (Å²) in [5.41, 5.74) is 0. The Balaban J connectivity index is 4.09. The second-order valence-corrected chi connectivity index (χ2v) is 14.8. The number of hydrogen-bond acceptors (Lipinski definition) is 6. The van der Waals surface area contributed by atoms with Crippen molar-refractivity contribution >= 4 is 18.3 Å². The fraction of sp³-hybridized carbons (Fsp3) is 0.930. The maximum atomic E-state index is 12.6. The molecule has 1 atom stereocenters. The summed E-state index contributed by atoms with van der Waals surface area (Å²) in [5, 5.41) is 2.79. The third-order valence-electron chi connectivity index (χ3n) is 9.91. The number of hydrogen-bond donors (Lipinski definition) is 1. The molecule has 0 saturated carbocycles. The summed E-state index contributed by atoms with van der Waals surface area (Å²) in [6, 6.07) is 0. The van der Waals surface area contributed by atoms with Gasteiger partial charge in [0.15, 0.2) is 0 Å². The minimum atomic E-state index is -0.0312. The first-order valence-corrected chi connectivity index (χ1v) is 21.8. The zero-order chi connectivity index (χ0) is 36.6. The minimum absolute atomic E-state index is 0.00731. The molecule has 0 aliphatic rings. The highest BCUT2D eigenvalue weighted by Crippen LogP contribution is 2.18. The van der Waals surface area contributed by atoms with Crippen LogP contribution in [0.1, 0.15) is 220 Å². The van der Waals surface area contributed by atoms with Gasteiger partial charge in [-0.3, -0.25) is 14.4 Å². The first-order valence-electron chi connectivity index (χ1n) is 21.8. The molecule has 0 rings (SSSR count). The average Bonchev–Trinajstić information content (AvgIpc) is 3.11. The van der Waals surface area contributed by atoms with Crippen LogP contribution in [-0.2, 0) is 23.9 Å². The van der Waals surface area contributed by atoms with Crippen molar-refractivity contribution in [2.45, 2.75) is 226 Å². The summed E-state index contributed by atoms with van der Waals surface area (Å²) in [7, 11) is 0. The van der Waals surface area contributed by atoms with Crippen LogP contribution >= 0.6 is 0 Å². The van der Waals surface area contributed by atoms with Gasteiger partial charge in [0.25, 0.3) is 0 Å². The molecule has 0 bridgehead atoms. The molecule has 0 aromatic rings. The van der Waals surface area contributed by atoms with Crippen molar-refractivity contribution in [3.63, 3.8) is 0 Å². The number of carbonyl (C=O) groups excluding carboxylic acids is 3. The Morgan fingerprint density at radius 2 is 0.940 bits per heavy atom. The second kappa shape index (κ2) is 40.1. The molecule has 0 aromatic heterocycles. The van der Waals surface area contributed by atoms with Crippen LogP contribution in [0.4, 0.5) is 0 Å². The van der Waals surface area contributed by atoms with Crippen molar-refractivity contribution < 1.29 is 23.9 Å². The lowest BCUT2D eigenvalue weighted by atomic mass is 10.0. The topological polar surface area (TPSA) is 84.9 Å².